The minimum atomic E-state index is 0.390. The fourth-order valence-corrected chi connectivity index (χ4v) is 9.30. The first kappa shape index (κ1) is 43.7. The van der Waals surface area contributed by atoms with Gasteiger partial charge in [0, 0.05) is 40.8 Å². The number of allylic oxidation sites excluding steroid dienone is 11. The molecule has 10 rings (SSSR count). The van der Waals surface area contributed by atoms with Crippen molar-refractivity contribution in [3.05, 3.63) is 295 Å². The van der Waals surface area contributed by atoms with Gasteiger partial charge in [-0.05, 0) is 142 Å². The van der Waals surface area contributed by atoms with E-state index in [1.807, 2.05) is 6.20 Å². The van der Waals surface area contributed by atoms with Crippen LogP contribution in [0, 0.1) is 5.92 Å². The van der Waals surface area contributed by atoms with E-state index >= 15 is 0 Å². The molecule has 0 fully saturated rings. The lowest BCUT2D eigenvalue weighted by Gasteiger charge is -2.26. The fourth-order valence-electron chi connectivity index (χ4n) is 9.30. The summed E-state index contributed by atoms with van der Waals surface area (Å²) in [4.78, 5) is 2.33. The summed E-state index contributed by atoms with van der Waals surface area (Å²) in [5.74, 6) is 0.788. The van der Waals surface area contributed by atoms with Crippen molar-refractivity contribution < 1.29 is 0 Å². The second-order valence-corrected chi connectivity index (χ2v) is 17.6. The highest BCUT2D eigenvalue weighted by molar-refractivity contribution is 5.81. The van der Waals surface area contributed by atoms with Crippen molar-refractivity contribution >= 4 is 28.3 Å². The lowest BCUT2D eigenvalue weighted by molar-refractivity contribution is 0.752. The Balaban J connectivity index is 0.687. The third-order valence-electron chi connectivity index (χ3n) is 13.2. The lowest BCUT2D eigenvalue weighted by Crippen LogP contribution is -2.10. The summed E-state index contributed by atoms with van der Waals surface area (Å²) >= 11 is 0. The Morgan fingerprint density at radius 2 is 0.912 bits per heavy atom. The van der Waals surface area contributed by atoms with E-state index in [-0.39, 0.29) is 0 Å². The Bertz CT molecular complexity index is 3060. The van der Waals surface area contributed by atoms with E-state index in [9.17, 15) is 0 Å². The Morgan fingerprint density at radius 3 is 1.47 bits per heavy atom. The summed E-state index contributed by atoms with van der Waals surface area (Å²) in [5.41, 5.74) is 18.5. The third-order valence-corrected chi connectivity index (χ3v) is 13.2. The molecule has 330 valence electrons. The standard InChI is InChI=1S/C66H56N2/c1(6-14-50-21-23-53(24-22-50)51-15-7-3-8-16-51)2-13-49-67-63-43-37-60(38-44-63)58-33-29-56(30-34-58)54-25-27-55(28-26-54)57-31-35-59(36-32-57)62-41-47-66(48-42-62)68(64-19-11-5-12-20-64)65-45-39-61(40-46-65)52-17-9-4-10-18-52/h1-5,7-13,15-25,27-31,33-49,54,57,67H,6,14,26,32H2/b2-1-,49-13+. The Hall–Kier alpha value is -8.20. The van der Waals surface area contributed by atoms with Gasteiger partial charge in [-0.1, -0.05) is 212 Å². The summed E-state index contributed by atoms with van der Waals surface area (Å²) < 4.78 is 0. The van der Waals surface area contributed by atoms with Gasteiger partial charge in [-0.15, -0.1) is 0 Å². The normalized spacial score (nSPS) is 15.6. The van der Waals surface area contributed by atoms with Gasteiger partial charge in [0.1, 0.15) is 0 Å². The molecule has 0 spiro atoms. The van der Waals surface area contributed by atoms with E-state index in [1.54, 1.807) is 0 Å². The molecular formula is C66H56N2. The van der Waals surface area contributed by atoms with Gasteiger partial charge in [-0.3, -0.25) is 0 Å². The molecule has 8 aromatic rings. The maximum atomic E-state index is 3.41. The van der Waals surface area contributed by atoms with Gasteiger partial charge in [0.15, 0.2) is 0 Å². The largest absolute Gasteiger partial charge is 0.362 e. The van der Waals surface area contributed by atoms with Crippen molar-refractivity contribution in [1.82, 2.24) is 0 Å². The van der Waals surface area contributed by atoms with Crippen LogP contribution in [0.1, 0.15) is 41.9 Å². The lowest BCUT2D eigenvalue weighted by atomic mass is 9.82. The zero-order valence-electron chi connectivity index (χ0n) is 38.4. The molecule has 0 heterocycles. The zero-order valence-corrected chi connectivity index (χ0v) is 38.4. The number of hydrogen-bond acceptors (Lipinski definition) is 2. The molecule has 2 aliphatic rings. The molecule has 0 aromatic heterocycles. The van der Waals surface area contributed by atoms with Crippen LogP contribution in [0.25, 0.3) is 39.0 Å². The number of nitrogens with zero attached hydrogens (tertiary/aromatic N) is 1. The van der Waals surface area contributed by atoms with Gasteiger partial charge < -0.3 is 10.2 Å². The van der Waals surface area contributed by atoms with Gasteiger partial charge in [-0.25, -0.2) is 0 Å². The van der Waals surface area contributed by atoms with Crippen molar-refractivity contribution in [2.24, 2.45) is 5.92 Å². The number of hydrogen-bond donors (Lipinski definition) is 1. The smallest absolute Gasteiger partial charge is 0.0462 e. The van der Waals surface area contributed by atoms with Gasteiger partial charge in [0.2, 0.25) is 0 Å². The Morgan fingerprint density at radius 1 is 0.426 bits per heavy atom. The van der Waals surface area contributed by atoms with Crippen LogP contribution in [0.5, 0.6) is 0 Å². The number of nitrogens with one attached hydrogen (secondary N) is 1. The molecular weight excluding hydrogens is 821 g/mol. The summed E-state index contributed by atoms with van der Waals surface area (Å²) in [6.45, 7) is 0. The van der Waals surface area contributed by atoms with Gasteiger partial charge in [0.25, 0.3) is 0 Å². The fraction of sp³-hybridized carbons (Fsp3) is 0.0909. The van der Waals surface area contributed by atoms with Crippen molar-refractivity contribution in [3.8, 4) is 33.4 Å². The molecule has 0 amide bonds. The molecule has 1 N–H and O–H groups in total. The molecule has 0 bridgehead atoms. The predicted octanol–water partition coefficient (Wildman–Crippen LogP) is 17.9. The average Bonchev–Trinajstić information content (AvgIpc) is 3.42. The van der Waals surface area contributed by atoms with Crippen LogP contribution in [0.4, 0.5) is 22.7 Å². The first-order valence-electron chi connectivity index (χ1n) is 24.0. The van der Waals surface area contributed by atoms with Crippen LogP contribution in [0.2, 0.25) is 0 Å². The van der Waals surface area contributed by atoms with E-state index in [2.05, 4.69) is 277 Å². The molecule has 2 nitrogen and oxygen atoms in total. The summed E-state index contributed by atoms with van der Waals surface area (Å²) in [6, 6.07) is 76.3. The number of aryl methyl sites for hydroxylation is 1. The van der Waals surface area contributed by atoms with E-state index in [0.717, 1.165) is 48.4 Å². The zero-order chi connectivity index (χ0) is 45.7. The topological polar surface area (TPSA) is 15.3 Å². The number of rotatable bonds is 15. The quantitative estimate of drug-likeness (QED) is 0.103. The van der Waals surface area contributed by atoms with E-state index in [4.69, 9.17) is 0 Å². The second kappa shape index (κ2) is 21.4. The molecule has 0 saturated heterocycles. The second-order valence-electron chi connectivity index (χ2n) is 17.6. The monoisotopic (exact) mass is 876 g/mol. The van der Waals surface area contributed by atoms with Crippen molar-refractivity contribution in [2.75, 3.05) is 10.2 Å². The summed E-state index contributed by atoms with van der Waals surface area (Å²) in [5, 5.41) is 3.41. The Labute approximate surface area is 403 Å². The average molecular weight is 877 g/mol. The van der Waals surface area contributed by atoms with E-state index < -0.39 is 0 Å². The van der Waals surface area contributed by atoms with Gasteiger partial charge in [0.05, 0.1) is 0 Å². The van der Waals surface area contributed by atoms with Crippen molar-refractivity contribution in [1.29, 1.82) is 0 Å². The Kier molecular flexibility index (Phi) is 13.7. The highest BCUT2D eigenvalue weighted by Gasteiger charge is 2.19. The van der Waals surface area contributed by atoms with E-state index in [0.29, 0.717) is 11.8 Å². The van der Waals surface area contributed by atoms with Gasteiger partial charge in [-0.2, -0.15) is 0 Å². The molecule has 8 aromatic carbocycles. The minimum Gasteiger partial charge on any atom is -0.362 e. The molecule has 2 aliphatic carbocycles. The predicted molar refractivity (Wildman–Crippen MR) is 290 cm³/mol. The maximum absolute atomic E-state index is 3.41. The number of benzene rings is 8. The highest BCUT2D eigenvalue weighted by Crippen LogP contribution is 2.38. The summed E-state index contributed by atoms with van der Waals surface area (Å²) in [7, 11) is 0. The van der Waals surface area contributed by atoms with Crippen molar-refractivity contribution in [3.63, 3.8) is 0 Å². The first-order chi connectivity index (χ1) is 33.7. The van der Waals surface area contributed by atoms with Crippen LogP contribution in [0.3, 0.4) is 0 Å². The van der Waals surface area contributed by atoms with Crippen molar-refractivity contribution in [2.45, 2.75) is 31.6 Å². The van der Waals surface area contributed by atoms with E-state index in [1.165, 1.54) is 61.2 Å². The maximum Gasteiger partial charge on any atom is 0.0462 e. The molecule has 68 heavy (non-hydrogen) atoms. The van der Waals surface area contributed by atoms with Crippen LogP contribution in [-0.4, -0.2) is 0 Å². The molecule has 2 atom stereocenters. The number of anilines is 4. The van der Waals surface area contributed by atoms with Crippen LogP contribution < -0.4 is 10.2 Å². The highest BCUT2D eigenvalue weighted by atomic mass is 15.1. The molecule has 2 heteroatoms. The van der Waals surface area contributed by atoms with Crippen LogP contribution in [-0.2, 0) is 6.42 Å². The molecule has 0 aliphatic heterocycles. The molecule has 0 radical (unpaired) electrons. The first-order valence-corrected chi connectivity index (χ1v) is 24.0. The number of para-hydroxylation sites is 1. The summed E-state index contributed by atoms with van der Waals surface area (Å²) in [6.07, 6.45) is 26.8. The molecule has 2 unspecified atom stereocenters. The van der Waals surface area contributed by atoms with Crippen LogP contribution in [0.15, 0.2) is 279 Å². The minimum absolute atomic E-state index is 0.390. The SMILES string of the molecule is C1=CC(C2=CCC(c3ccc(-c4ccc(N/C=C/C=C\CCc5ccc(-c6ccccc6)cc5)cc4)cc3)C=C2)CC=C1c1ccc(N(c2ccccc2)c2ccc(-c3ccccc3)cc2)cc1. The van der Waals surface area contributed by atoms with Gasteiger partial charge >= 0.3 is 0 Å². The molecule has 0 saturated carbocycles. The van der Waals surface area contributed by atoms with Crippen LogP contribution >= 0.6 is 0 Å². The third kappa shape index (κ3) is 10.7.